The molecule has 4 rings (SSSR count). The van der Waals surface area contributed by atoms with Gasteiger partial charge in [0, 0.05) is 25.1 Å². The molecule has 8 nitrogen and oxygen atoms in total. The van der Waals surface area contributed by atoms with Gasteiger partial charge in [0.1, 0.15) is 11.6 Å². The van der Waals surface area contributed by atoms with Crippen molar-refractivity contribution in [3.8, 4) is 0 Å². The van der Waals surface area contributed by atoms with Gasteiger partial charge in [0.15, 0.2) is 0 Å². The number of aromatic amines is 1. The zero-order valence-electron chi connectivity index (χ0n) is 20.3. The van der Waals surface area contributed by atoms with Crippen molar-refractivity contribution in [1.82, 2.24) is 9.55 Å². The van der Waals surface area contributed by atoms with Crippen molar-refractivity contribution < 1.29 is 13.2 Å². The SMILES string of the molecule is COC1C(c2ccc3cc(NS(C)(=O)=O)ccc3c2)=CC=CC1(n1ccc(=O)[nH]c1=O)C(C)(C)C. The van der Waals surface area contributed by atoms with E-state index in [9.17, 15) is 18.0 Å². The third-order valence-electron chi connectivity index (χ3n) is 6.44. The minimum Gasteiger partial charge on any atom is -0.374 e. The highest BCUT2D eigenvalue weighted by Gasteiger charge is 2.51. The Labute approximate surface area is 204 Å². The van der Waals surface area contributed by atoms with E-state index in [4.69, 9.17) is 4.74 Å². The lowest BCUT2D eigenvalue weighted by Crippen LogP contribution is -2.58. The van der Waals surface area contributed by atoms with Gasteiger partial charge in [0.2, 0.25) is 10.0 Å². The third-order valence-corrected chi connectivity index (χ3v) is 7.05. The number of methoxy groups -OCH3 is 1. The summed E-state index contributed by atoms with van der Waals surface area (Å²) in [4.78, 5) is 27.1. The fourth-order valence-electron chi connectivity index (χ4n) is 4.89. The van der Waals surface area contributed by atoms with Gasteiger partial charge in [0.05, 0.1) is 6.26 Å². The molecule has 3 aromatic rings. The van der Waals surface area contributed by atoms with Gasteiger partial charge >= 0.3 is 5.69 Å². The predicted octanol–water partition coefficient (Wildman–Crippen LogP) is 3.47. The molecule has 2 N–H and O–H groups in total. The number of rotatable bonds is 5. The second-order valence-electron chi connectivity index (χ2n) is 9.80. The maximum absolute atomic E-state index is 13.0. The van der Waals surface area contributed by atoms with Crippen LogP contribution >= 0.6 is 0 Å². The average molecular weight is 496 g/mol. The molecule has 184 valence electrons. The second kappa shape index (κ2) is 8.66. The smallest absolute Gasteiger partial charge is 0.329 e. The third kappa shape index (κ3) is 4.49. The van der Waals surface area contributed by atoms with Crippen LogP contribution in [0.1, 0.15) is 26.3 Å². The maximum atomic E-state index is 13.0. The summed E-state index contributed by atoms with van der Waals surface area (Å²) < 4.78 is 33.3. The molecule has 1 heterocycles. The van der Waals surface area contributed by atoms with Crippen LogP contribution in [0.2, 0.25) is 0 Å². The van der Waals surface area contributed by atoms with Gasteiger partial charge in [-0.3, -0.25) is 19.1 Å². The molecule has 9 heteroatoms. The van der Waals surface area contributed by atoms with Crippen LogP contribution in [-0.4, -0.2) is 37.4 Å². The first-order chi connectivity index (χ1) is 16.4. The molecule has 0 aliphatic heterocycles. The summed E-state index contributed by atoms with van der Waals surface area (Å²) in [6.45, 7) is 6.08. The van der Waals surface area contributed by atoms with Crippen LogP contribution < -0.4 is 16.0 Å². The number of H-pyrrole nitrogens is 1. The molecule has 1 aliphatic rings. The van der Waals surface area contributed by atoms with Crippen LogP contribution in [0.3, 0.4) is 0 Å². The van der Waals surface area contributed by atoms with Gasteiger partial charge in [-0.1, -0.05) is 57.2 Å². The minimum atomic E-state index is -3.37. The average Bonchev–Trinajstić information content (AvgIpc) is 2.76. The highest BCUT2D eigenvalue weighted by atomic mass is 32.2. The number of nitrogens with zero attached hydrogens (tertiary/aromatic N) is 1. The number of ether oxygens (including phenoxy) is 1. The molecule has 2 unspecified atom stereocenters. The number of fused-ring (bicyclic) bond motifs is 1. The molecule has 0 spiro atoms. The molecular weight excluding hydrogens is 466 g/mol. The summed E-state index contributed by atoms with van der Waals surface area (Å²) >= 11 is 0. The van der Waals surface area contributed by atoms with E-state index >= 15 is 0 Å². The van der Waals surface area contributed by atoms with E-state index < -0.39 is 38.3 Å². The predicted molar refractivity (Wildman–Crippen MR) is 139 cm³/mol. The Bertz CT molecular complexity index is 1570. The van der Waals surface area contributed by atoms with Crippen LogP contribution in [0, 0.1) is 5.41 Å². The number of hydrogen-bond donors (Lipinski definition) is 2. The van der Waals surface area contributed by atoms with E-state index in [1.807, 2.05) is 63.3 Å². The topological polar surface area (TPSA) is 110 Å². The van der Waals surface area contributed by atoms with Crippen LogP contribution in [0.5, 0.6) is 0 Å². The molecule has 0 bridgehead atoms. The molecule has 0 radical (unpaired) electrons. The lowest BCUT2D eigenvalue weighted by atomic mass is 9.65. The first kappa shape index (κ1) is 24.7. The molecule has 2 atom stereocenters. The van der Waals surface area contributed by atoms with Crippen molar-refractivity contribution in [1.29, 1.82) is 0 Å². The largest absolute Gasteiger partial charge is 0.374 e. The molecule has 0 saturated carbocycles. The van der Waals surface area contributed by atoms with E-state index in [1.54, 1.807) is 19.2 Å². The van der Waals surface area contributed by atoms with E-state index in [0.717, 1.165) is 28.2 Å². The highest BCUT2D eigenvalue weighted by Crippen LogP contribution is 2.48. The number of aromatic nitrogens is 2. The number of benzene rings is 2. The Hall–Kier alpha value is -3.43. The van der Waals surface area contributed by atoms with Crippen molar-refractivity contribution >= 4 is 32.1 Å². The Kier molecular flexibility index (Phi) is 6.11. The Morgan fingerprint density at radius 3 is 2.37 bits per heavy atom. The van der Waals surface area contributed by atoms with E-state index in [1.165, 1.54) is 16.8 Å². The summed E-state index contributed by atoms with van der Waals surface area (Å²) in [6, 6.07) is 12.6. The normalized spacial score (nSPS) is 20.6. The van der Waals surface area contributed by atoms with Crippen molar-refractivity contribution in [2.45, 2.75) is 32.4 Å². The molecule has 0 amide bonds. The highest BCUT2D eigenvalue weighted by molar-refractivity contribution is 7.92. The summed E-state index contributed by atoms with van der Waals surface area (Å²) in [7, 11) is -1.76. The van der Waals surface area contributed by atoms with Crippen LogP contribution in [-0.2, 0) is 20.3 Å². The first-order valence-electron chi connectivity index (χ1n) is 11.1. The van der Waals surface area contributed by atoms with Crippen molar-refractivity contribution in [2.24, 2.45) is 5.41 Å². The standard InChI is InChI=1S/C26H29N3O5S/c1-25(2,3)26(29-14-12-22(30)27-24(29)31)13-6-7-21(23(26)34-4)19-9-8-18-16-20(28-35(5,32)33)11-10-17(18)15-19/h6-16,23,28H,1-5H3,(H,27,30,31). The second-order valence-corrected chi connectivity index (χ2v) is 11.6. The van der Waals surface area contributed by atoms with Crippen molar-refractivity contribution in [3.05, 3.63) is 93.3 Å². The van der Waals surface area contributed by atoms with Gasteiger partial charge in [0.25, 0.3) is 5.56 Å². The molecular formula is C26H29N3O5S. The molecule has 35 heavy (non-hydrogen) atoms. The van der Waals surface area contributed by atoms with Gasteiger partial charge in [-0.15, -0.1) is 0 Å². The molecule has 0 fully saturated rings. The number of allylic oxidation sites excluding steroid dienone is 2. The first-order valence-corrected chi connectivity index (χ1v) is 13.0. The lowest BCUT2D eigenvalue weighted by Gasteiger charge is -2.50. The monoisotopic (exact) mass is 495 g/mol. The maximum Gasteiger partial charge on any atom is 0.329 e. The molecule has 0 saturated heterocycles. The van der Waals surface area contributed by atoms with E-state index in [0.29, 0.717) is 5.69 Å². The quantitative estimate of drug-likeness (QED) is 0.563. The number of sulfonamides is 1. The van der Waals surface area contributed by atoms with Crippen LogP contribution in [0.15, 0.2) is 76.5 Å². The van der Waals surface area contributed by atoms with Gasteiger partial charge in [-0.05, 0) is 45.5 Å². The summed E-state index contributed by atoms with van der Waals surface area (Å²) in [5.41, 5.74) is -0.0949. The molecule has 1 aromatic heterocycles. The van der Waals surface area contributed by atoms with Crippen molar-refractivity contribution in [2.75, 3.05) is 18.1 Å². The lowest BCUT2D eigenvalue weighted by molar-refractivity contribution is -0.00609. The zero-order valence-corrected chi connectivity index (χ0v) is 21.1. The van der Waals surface area contributed by atoms with E-state index in [2.05, 4.69) is 9.71 Å². The molecule has 1 aliphatic carbocycles. The van der Waals surface area contributed by atoms with Gasteiger partial charge < -0.3 is 4.74 Å². The van der Waals surface area contributed by atoms with Crippen molar-refractivity contribution in [3.63, 3.8) is 0 Å². The summed E-state index contributed by atoms with van der Waals surface area (Å²) in [5, 5.41) is 1.80. The fourth-order valence-corrected chi connectivity index (χ4v) is 5.44. The number of nitrogens with one attached hydrogen (secondary N) is 2. The van der Waals surface area contributed by atoms with Crippen LogP contribution in [0.25, 0.3) is 16.3 Å². The van der Waals surface area contributed by atoms with Crippen LogP contribution in [0.4, 0.5) is 5.69 Å². The Morgan fingerprint density at radius 1 is 1.06 bits per heavy atom. The summed E-state index contributed by atoms with van der Waals surface area (Å²) in [6.07, 6.45) is 7.92. The minimum absolute atomic E-state index is 0.459. The molecule has 2 aromatic carbocycles. The fraction of sp³-hybridized carbons (Fsp3) is 0.308. The van der Waals surface area contributed by atoms with E-state index in [-0.39, 0.29) is 0 Å². The zero-order chi connectivity index (χ0) is 25.6. The summed E-state index contributed by atoms with van der Waals surface area (Å²) in [5.74, 6) is 0. The van der Waals surface area contributed by atoms with Gasteiger partial charge in [-0.2, -0.15) is 0 Å². The number of anilines is 1. The Morgan fingerprint density at radius 2 is 1.74 bits per heavy atom. The number of hydrogen-bond acceptors (Lipinski definition) is 5. The Balaban J connectivity index is 1.85. The van der Waals surface area contributed by atoms with Gasteiger partial charge in [-0.25, -0.2) is 13.2 Å².